The molecule has 0 radical (unpaired) electrons. The second kappa shape index (κ2) is 6.98. The van der Waals surface area contributed by atoms with Gasteiger partial charge in [0.1, 0.15) is 0 Å². The third kappa shape index (κ3) is 4.44. The molecule has 1 aliphatic rings. The lowest BCUT2D eigenvalue weighted by molar-refractivity contribution is 0.0933. The fraction of sp³-hybridized carbons (Fsp3) is 0.500. The molecular formula is C12H17N5OS. The number of hydrogen-bond acceptors (Lipinski definition) is 4. The summed E-state index contributed by atoms with van der Waals surface area (Å²) in [5.41, 5.74) is 5.14. The Morgan fingerprint density at radius 1 is 1.16 bits per heavy atom. The van der Waals surface area contributed by atoms with Gasteiger partial charge in [0.2, 0.25) is 5.82 Å². The predicted molar refractivity (Wildman–Crippen MR) is 75.2 cm³/mol. The first kappa shape index (κ1) is 13.7. The highest BCUT2D eigenvalue weighted by atomic mass is 32.1. The lowest BCUT2D eigenvalue weighted by atomic mass is 9.96. The van der Waals surface area contributed by atoms with Crippen molar-refractivity contribution in [3.05, 3.63) is 24.3 Å². The van der Waals surface area contributed by atoms with E-state index in [1.54, 1.807) is 6.07 Å². The van der Waals surface area contributed by atoms with Crippen molar-refractivity contribution in [2.75, 3.05) is 0 Å². The number of rotatable bonds is 2. The van der Waals surface area contributed by atoms with Gasteiger partial charge >= 0.3 is 5.91 Å². The van der Waals surface area contributed by atoms with Gasteiger partial charge in [-0.1, -0.05) is 19.3 Å². The summed E-state index contributed by atoms with van der Waals surface area (Å²) in [7, 11) is 0. The van der Waals surface area contributed by atoms with Gasteiger partial charge in [-0.15, -0.1) is 0 Å². The summed E-state index contributed by atoms with van der Waals surface area (Å²) < 4.78 is 0. The fourth-order valence-corrected chi connectivity index (χ4v) is 2.27. The molecular weight excluding hydrogens is 262 g/mol. The third-order valence-electron chi connectivity index (χ3n) is 3.00. The normalized spacial score (nSPS) is 15.6. The van der Waals surface area contributed by atoms with Crippen molar-refractivity contribution in [2.45, 2.75) is 38.1 Å². The van der Waals surface area contributed by atoms with Crippen LogP contribution in [0.25, 0.3) is 0 Å². The van der Waals surface area contributed by atoms with Crippen LogP contribution < -0.4 is 16.2 Å². The van der Waals surface area contributed by atoms with Crippen molar-refractivity contribution in [3.8, 4) is 0 Å². The quantitative estimate of drug-likeness (QED) is 0.552. The lowest BCUT2D eigenvalue weighted by Crippen LogP contribution is -2.50. The van der Waals surface area contributed by atoms with Crippen LogP contribution in [0.2, 0.25) is 0 Å². The lowest BCUT2D eigenvalue weighted by Gasteiger charge is -2.24. The van der Waals surface area contributed by atoms with Crippen LogP contribution in [0.4, 0.5) is 0 Å². The molecule has 0 unspecified atom stereocenters. The fourth-order valence-electron chi connectivity index (χ4n) is 2.05. The minimum Gasteiger partial charge on any atom is -0.359 e. The maximum absolute atomic E-state index is 11.7. The minimum absolute atomic E-state index is 0.107. The van der Waals surface area contributed by atoms with Crippen molar-refractivity contribution < 1.29 is 4.79 Å². The van der Waals surface area contributed by atoms with E-state index in [0.717, 1.165) is 12.8 Å². The molecule has 19 heavy (non-hydrogen) atoms. The molecule has 0 bridgehead atoms. The average Bonchev–Trinajstić information content (AvgIpc) is 2.47. The summed E-state index contributed by atoms with van der Waals surface area (Å²) in [6.07, 6.45) is 9.02. The average molecular weight is 279 g/mol. The monoisotopic (exact) mass is 279 g/mol. The van der Waals surface area contributed by atoms with Gasteiger partial charge in [-0.25, -0.2) is 9.97 Å². The van der Waals surface area contributed by atoms with E-state index in [0.29, 0.717) is 11.2 Å². The largest absolute Gasteiger partial charge is 0.359 e. The maximum atomic E-state index is 11.7. The zero-order chi connectivity index (χ0) is 13.5. The summed E-state index contributed by atoms with van der Waals surface area (Å²) in [5.74, 6) is -0.302. The molecule has 0 aliphatic heterocycles. The Bertz CT molecular complexity index is 433. The smallest absolute Gasteiger partial charge is 0.307 e. The maximum Gasteiger partial charge on any atom is 0.307 e. The van der Waals surface area contributed by atoms with Crippen LogP contribution >= 0.6 is 12.2 Å². The molecule has 1 amide bonds. The van der Waals surface area contributed by atoms with Gasteiger partial charge in [-0.2, -0.15) is 0 Å². The van der Waals surface area contributed by atoms with Crippen molar-refractivity contribution in [3.63, 3.8) is 0 Å². The zero-order valence-corrected chi connectivity index (χ0v) is 11.4. The van der Waals surface area contributed by atoms with Crippen LogP contribution in [0.3, 0.4) is 0 Å². The number of hydrazine groups is 1. The van der Waals surface area contributed by atoms with E-state index in [1.165, 1.54) is 31.7 Å². The van der Waals surface area contributed by atoms with Gasteiger partial charge in [-0.05, 0) is 31.1 Å². The van der Waals surface area contributed by atoms with Crippen molar-refractivity contribution in [2.24, 2.45) is 0 Å². The number of amides is 1. The van der Waals surface area contributed by atoms with E-state index in [9.17, 15) is 4.79 Å². The summed E-state index contributed by atoms with van der Waals surface area (Å²) >= 11 is 5.13. The number of thiocarbonyl (C=S) groups is 1. The van der Waals surface area contributed by atoms with Crippen LogP contribution in [0.1, 0.15) is 42.7 Å². The summed E-state index contributed by atoms with van der Waals surface area (Å²) in [6.45, 7) is 0. The van der Waals surface area contributed by atoms with Crippen molar-refractivity contribution in [1.29, 1.82) is 0 Å². The van der Waals surface area contributed by atoms with Gasteiger partial charge in [0.15, 0.2) is 5.11 Å². The summed E-state index contributed by atoms with van der Waals surface area (Å²) in [5, 5.41) is 3.62. The predicted octanol–water partition coefficient (Wildman–Crippen LogP) is 0.918. The number of aromatic nitrogens is 2. The Kier molecular flexibility index (Phi) is 5.02. The second-order valence-electron chi connectivity index (χ2n) is 4.46. The highest BCUT2D eigenvalue weighted by Gasteiger charge is 2.14. The molecule has 0 atom stereocenters. The first-order valence-corrected chi connectivity index (χ1v) is 6.80. The molecule has 0 spiro atoms. The Morgan fingerprint density at radius 3 is 2.53 bits per heavy atom. The number of hydrogen-bond donors (Lipinski definition) is 3. The topological polar surface area (TPSA) is 78.9 Å². The van der Waals surface area contributed by atoms with Crippen LogP contribution in [0.15, 0.2) is 18.5 Å². The Balaban J connectivity index is 1.72. The number of carbonyl (C=O) groups excluding carboxylic acids is 1. The van der Waals surface area contributed by atoms with Crippen LogP contribution in [-0.4, -0.2) is 27.0 Å². The van der Waals surface area contributed by atoms with E-state index in [-0.39, 0.29) is 5.82 Å². The molecule has 1 aromatic rings. The second-order valence-corrected chi connectivity index (χ2v) is 4.87. The Labute approximate surface area is 117 Å². The molecule has 3 N–H and O–H groups in total. The van der Waals surface area contributed by atoms with Crippen LogP contribution in [0, 0.1) is 0 Å². The Morgan fingerprint density at radius 2 is 1.84 bits per heavy atom. The standard InChI is InChI=1S/C12H17N5OS/c18-11(10-13-7-4-8-14-10)16-17-12(19)15-9-5-2-1-3-6-9/h4,7-9H,1-3,5-6H2,(H,16,18)(H2,15,17,19). The molecule has 1 saturated carbocycles. The first-order valence-electron chi connectivity index (χ1n) is 6.39. The molecule has 102 valence electrons. The molecule has 0 aromatic carbocycles. The highest BCUT2D eigenvalue weighted by Crippen LogP contribution is 2.16. The van der Waals surface area contributed by atoms with Gasteiger partial charge in [0, 0.05) is 18.4 Å². The van der Waals surface area contributed by atoms with Crippen LogP contribution in [0.5, 0.6) is 0 Å². The molecule has 1 aromatic heterocycles. The van der Waals surface area contributed by atoms with Gasteiger partial charge in [-0.3, -0.25) is 15.6 Å². The highest BCUT2D eigenvalue weighted by molar-refractivity contribution is 7.80. The Hall–Kier alpha value is -1.76. The molecule has 7 heteroatoms. The molecule has 6 nitrogen and oxygen atoms in total. The summed E-state index contributed by atoms with van der Waals surface area (Å²) in [6, 6.07) is 2.05. The molecule has 1 fully saturated rings. The number of nitrogens with one attached hydrogen (secondary N) is 3. The SMILES string of the molecule is O=C(NNC(=S)NC1CCCCC1)c1ncccn1. The van der Waals surface area contributed by atoms with Gasteiger partial charge in [0.25, 0.3) is 0 Å². The molecule has 1 aliphatic carbocycles. The first-order chi connectivity index (χ1) is 9.25. The van der Waals surface area contributed by atoms with E-state index < -0.39 is 5.91 Å². The van der Waals surface area contributed by atoms with Crippen molar-refractivity contribution >= 4 is 23.2 Å². The van der Waals surface area contributed by atoms with E-state index >= 15 is 0 Å². The third-order valence-corrected chi connectivity index (χ3v) is 3.22. The van der Waals surface area contributed by atoms with E-state index in [4.69, 9.17) is 12.2 Å². The van der Waals surface area contributed by atoms with Crippen LogP contribution in [-0.2, 0) is 0 Å². The molecule has 0 saturated heterocycles. The van der Waals surface area contributed by atoms with E-state index in [2.05, 4.69) is 26.1 Å². The number of nitrogens with zero attached hydrogens (tertiary/aromatic N) is 2. The van der Waals surface area contributed by atoms with E-state index in [1.807, 2.05) is 0 Å². The molecule has 1 heterocycles. The zero-order valence-electron chi connectivity index (χ0n) is 10.6. The van der Waals surface area contributed by atoms with Gasteiger partial charge in [0.05, 0.1) is 0 Å². The van der Waals surface area contributed by atoms with Crippen molar-refractivity contribution in [1.82, 2.24) is 26.1 Å². The summed E-state index contributed by atoms with van der Waals surface area (Å²) in [4.78, 5) is 19.3. The number of carbonyl (C=O) groups is 1. The molecule has 2 rings (SSSR count). The minimum atomic E-state index is -0.409. The van der Waals surface area contributed by atoms with Gasteiger partial charge < -0.3 is 5.32 Å².